The van der Waals surface area contributed by atoms with Gasteiger partial charge in [0.15, 0.2) is 4.91 Å². The Bertz CT molecular complexity index is 1280. The molecule has 3 aromatic rings. The molecule has 0 unspecified atom stereocenters. The predicted octanol–water partition coefficient (Wildman–Crippen LogP) is 4.17. The van der Waals surface area contributed by atoms with Gasteiger partial charge < -0.3 is 10.1 Å². The smallest absolute Gasteiger partial charge is 0.270 e. The zero-order chi connectivity index (χ0) is 22.7. The van der Waals surface area contributed by atoms with Gasteiger partial charge in [0.2, 0.25) is 5.78 Å². The molecule has 0 saturated heterocycles. The molecule has 0 radical (unpaired) electrons. The maximum Gasteiger partial charge on any atom is 0.270 e. The third-order valence-corrected chi connectivity index (χ3v) is 7.08. The molecule has 164 valence electrons. The highest BCUT2D eigenvalue weighted by molar-refractivity contribution is 7.97. The summed E-state index contributed by atoms with van der Waals surface area (Å²) < 4.78 is 33.4. The highest BCUT2D eigenvalue weighted by atomic mass is 32.2. The fraction of sp³-hybridized carbons (Fsp3) is 0.160. The fourth-order valence-electron chi connectivity index (χ4n) is 3.67. The molecule has 1 N–H and O–H groups in total. The topological polar surface area (TPSA) is 75.7 Å². The van der Waals surface area contributed by atoms with Gasteiger partial charge in [0.05, 0.1) is 19.3 Å². The molecule has 0 spiro atoms. The summed E-state index contributed by atoms with van der Waals surface area (Å²) in [6.07, 6.45) is 1.31. The van der Waals surface area contributed by atoms with Crippen molar-refractivity contribution in [3.05, 3.63) is 106 Å². The van der Waals surface area contributed by atoms with Crippen molar-refractivity contribution in [1.82, 2.24) is 5.32 Å². The minimum atomic E-state index is -4.04. The number of sulfonamides is 1. The molecule has 7 heteroatoms. The number of methoxy groups -OCH3 is 1. The van der Waals surface area contributed by atoms with Crippen molar-refractivity contribution in [2.75, 3.05) is 11.4 Å². The van der Waals surface area contributed by atoms with Crippen LogP contribution >= 0.6 is 0 Å². The normalized spacial score (nSPS) is 16.0. The Hall–Kier alpha value is -3.58. The van der Waals surface area contributed by atoms with E-state index in [4.69, 9.17) is 4.74 Å². The van der Waals surface area contributed by atoms with Crippen molar-refractivity contribution >= 4 is 21.5 Å². The van der Waals surface area contributed by atoms with Crippen LogP contribution in [0, 0.1) is 6.92 Å². The third kappa shape index (κ3) is 4.24. The molecular weight excluding hydrogens is 424 g/mol. The van der Waals surface area contributed by atoms with E-state index >= 15 is 0 Å². The summed E-state index contributed by atoms with van der Waals surface area (Å²) in [5.41, 5.74) is 3.58. The summed E-state index contributed by atoms with van der Waals surface area (Å²) in [5.74, 6) is 0.226. The van der Waals surface area contributed by atoms with Crippen molar-refractivity contribution in [2.24, 2.45) is 0 Å². The third-order valence-electron chi connectivity index (χ3n) is 5.32. The number of fused-ring (bicyclic) bond motifs is 1. The maximum absolute atomic E-state index is 13.5. The van der Waals surface area contributed by atoms with E-state index in [1.165, 1.54) is 10.5 Å². The zero-order valence-electron chi connectivity index (χ0n) is 17.9. The number of ether oxygens (including phenoxy) is 1. The lowest BCUT2D eigenvalue weighted by molar-refractivity contribution is 0.104. The zero-order valence-corrected chi connectivity index (χ0v) is 18.7. The van der Waals surface area contributed by atoms with E-state index in [2.05, 4.69) is 5.32 Å². The van der Waals surface area contributed by atoms with Crippen LogP contribution in [0.5, 0.6) is 5.75 Å². The Kier molecular flexibility index (Phi) is 6.01. The average Bonchev–Trinajstić information content (AvgIpc) is 2.79. The summed E-state index contributed by atoms with van der Waals surface area (Å²) in [7, 11) is -2.45. The number of rotatable bonds is 6. The number of nitrogens with one attached hydrogen (secondary N) is 1. The van der Waals surface area contributed by atoms with Crippen LogP contribution < -0.4 is 14.4 Å². The lowest BCUT2D eigenvalue weighted by atomic mass is 10.1. The minimum Gasteiger partial charge on any atom is -0.497 e. The van der Waals surface area contributed by atoms with Gasteiger partial charge in [-0.25, -0.2) is 8.42 Å². The molecule has 1 aliphatic heterocycles. The molecular formula is C25H24N2O4S. The number of carbonyl (C=O) groups excluding carboxylic acids is 1. The van der Waals surface area contributed by atoms with Crippen molar-refractivity contribution in [2.45, 2.75) is 20.0 Å². The number of allylic oxidation sites excluding steroid dienone is 1. The summed E-state index contributed by atoms with van der Waals surface area (Å²) >= 11 is 0. The number of nitrogens with zero attached hydrogens (tertiary/aromatic N) is 1. The molecule has 0 atom stereocenters. The summed E-state index contributed by atoms with van der Waals surface area (Å²) in [6.45, 7) is 2.47. The lowest BCUT2D eigenvalue weighted by Crippen LogP contribution is -2.39. The van der Waals surface area contributed by atoms with E-state index in [9.17, 15) is 13.2 Å². The van der Waals surface area contributed by atoms with Crippen molar-refractivity contribution < 1.29 is 17.9 Å². The van der Waals surface area contributed by atoms with E-state index < -0.39 is 15.8 Å². The summed E-state index contributed by atoms with van der Waals surface area (Å²) in [6, 6.07) is 21.9. The first-order chi connectivity index (χ1) is 15.4. The van der Waals surface area contributed by atoms with Crippen molar-refractivity contribution in [3.8, 4) is 5.75 Å². The number of benzene rings is 3. The monoisotopic (exact) mass is 448 g/mol. The summed E-state index contributed by atoms with van der Waals surface area (Å²) in [5, 5.41) is 2.99. The number of carbonyl (C=O) groups is 1. The van der Waals surface area contributed by atoms with Gasteiger partial charge in [0, 0.05) is 18.3 Å². The van der Waals surface area contributed by atoms with Gasteiger partial charge in [-0.05, 0) is 42.3 Å². The second-order valence-corrected chi connectivity index (χ2v) is 9.42. The lowest BCUT2D eigenvalue weighted by Gasteiger charge is -2.31. The fourth-order valence-corrected chi connectivity index (χ4v) is 5.22. The van der Waals surface area contributed by atoms with Gasteiger partial charge in [-0.3, -0.25) is 9.10 Å². The molecule has 0 saturated carbocycles. The van der Waals surface area contributed by atoms with Gasteiger partial charge in [-0.2, -0.15) is 0 Å². The maximum atomic E-state index is 13.5. The van der Waals surface area contributed by atoms with E-state index in [0.717, 1.165) is 22.4 Å². The van der Waals surface area contributed by atoms with E-state index in [-0.39, 0.29) is 11.4 Å². The van der Waals surface area contributed by atoms with Gasteiger partial charge >= 0.3 is 0 Å². The van der Waals surface area contributed by atoms with E-state index in [0.29, 0.717) is 17.8 Å². The molecule has 1 heterocycles. The SMILES string of the molecule is COc1ccc(CNC=C2C(=O)c3ccccc3N(Cc3cccc(C)c3)S2(=O)=O)cc1. The van der Waals surface area contributed by atoms with Crippen LogP contribution in [0.1, 0.15) is 27.0 Å². The van der Waals surface area contributed by atoms with Gasteiger partial charge in [-0.1, -0.05) is 54.1 Å². The molecule has 0 bridgehead atoms. The molecule has 1 aliphatic rings. The Morgan fingerprint density at radius 2 is 1.72 bits per heavy atom. The number of ketones is 1. The van der Waals surface area contributed by atoms with Crippen LogP contribution in [0.15, 0.2) is 83.9 Å². The van der Waals surface area contributed by atoms with Crippen LogP contribution in [0.25, 0.3) is 0 Å². The van der Waals surface area contributed by atoms with Crippen molar-refractivity contribution in [1.29, 1.82) is 0 Å². The molecule has 3 aromatic carbocycles. The molecule has 0 amide bonds. The standard InChI is InChI=1S/C25H24N2O4S/c1-18-6-5-7-20(14-18)17-27-23-9-4-3-8-22(23)25(28)24(32(27,29)30)16-26-15-19-10-12-21(31-2)13-11-19/h3-14,16,26H,15,17H2,1-2H3. The molecule has 0 fully saturated rings. The summed E-state index contributed by atoms with van der Waals surface area (Å²) in [4.78, 5) is 12.8. The Morgan fingerprint density at radius 3 is 2.44 bits per heavy atom. The second-order valence-electron chi connectivity index (χ2n) is 7.58. The van der Waals surface area contributed by atoms with Gasteiger partial charge in [-0.15, -0.1) is 0 Å². The Labute approximate surface area is 188 Å². The van der Waals surface area contributed by atoms with Crippen LogP contribution in [-0.2, 0) is 23.1 Å². The number of hydrogen-bond donors (Lipinski definition) is 1. The quantitative estimate of drug-likeness (QED) is 0.573. The number of anilines is 1. The largest absolute Gasteiger partial charge is 0.497 e. The molecule has 4 rings (SSSR count). The van der Waals surface area contributed by atoms with Crippen LogP contribution in [-0.4, -0.2) is 21.3 Å². The first kappa shape index (κ1) is 21.6. The average molecular weight is 449 g/mol. The van der Waals surface area contributed by atoms with Crippen LogP contribution in [0.3, 0.4) is 0 Å². The van der Waals surface area contributed by atoms with Gasteiger partial charge in [0.1, 0.15) is 5.75 Å². The highest BCUT2D eigenvalue weighted by Gasteiger charge is 2.39. The van der Waals surface area contributed by atoms with E-state index in [1.54, 1.807) is 31.4 Å². The number of para-hydroxylation sites is 1. The predicted molar refractivity (Wildman–Crippen MR) is 125 cm³/mol. The Balaban J connectivity index is 1.66. The minimum absolute atomic E-state index is 0.143. The molecule has 32 heavy (non-hydrogen) atoms. The van der Waals surface area contributed by atoms with Crippen molar-refractivity contribution in [3.63, 3.8) is 0 Å². The first-order valence-corrected chi connectivity index (χ1v) is 11.6. The molecule has 6 nitrogen and oxygen atoms in total. The van der Waals surface area contributed by atoms with Gasteiger partial charge in [0.25, 0.3) is 10.0 Å². The molecule has 0 aromatic heterocycles. The number of hydrogen-bond acceptors (Lipinski definition) is 5. The number of aryl methyl sites for hydroxylation is 1. The highest BCUT2D eigenvalue weighted by Crippen LogP contribution is 2.36. The first-order valence-electron chi connectivity index (χ1n) is 10.2. The molecule has 0 aliphatic carbocycles. The van der Waals surface area contributed by atoms with Crippen LogP contribution in [0.2, 0.25) is 0 Å². The number of Topliss-reactive ketones (excluding diaryl/α,β-unsaturated/α-hetero) is 1. The van der Waals surface area contributed by atoms with Crippen LogP contribution in [0.4, 0.5) is 5.69 Å². The second kappa shape index (κ2) is 8.88. The van der Waals surface area contributed by atoms with E-state index in [1.807, 2.05) is 55.5 Å². The Morgan fingerprint density at radius 1 is 0.969 bits per heavy atom.